The zero-order chi connectivity index (χ0) is 4.69. The number of rotatable bonds is 0. The molecular formula is C5H6O2. The van der Waals surface area contributed by atoms with Gasteiger partial charge in [-0.2, -0.15) is 0 Å². The summed E-state index contributed by atoms with van der Waals surface area (Å²) in [6, 6.07) is 0. The highest BCUT2D eigenvalue weighted by Crippen LogP contribution is 2.24. The van der Waals surface area contributed by atoms with E-state index in [1.807, 2.05) is 0 Å². The molecule has 2 rings (SSSR count). The monoisotopic (exact) mass is 98.0 g/mol. The molecule has 0 amide bonds. The van der Waals surface area contributed by atoms with Gasteiger partial charge in [0.05, 0.1) is 0 Å². The quantitative estimate of drug-likeness (QED) is 0.458. The van der Waals surface area contributed by atoms with Gasteiger partial charge in [-0.15, -0.1) is 0 Å². The van der Waals surface area contributed by atoms with Gasteiger partial charge in [-0.05, 0) is 6.42 Å². The van der Waals surface area contributed by atoms with Crippen LogP contribution in [-0.4, -0.2) is 0 Å². The smallest absolute Gasteiger partial charge is 0.198 e. The van der Waals surface area contributed by atoms with Crippen LogP contribution in [0.2, 0.25) is 0 Å². The average Bonchev–Trinajstić information content (AvgIpc) is 1.85. The summed E-state index contributed by atoms with van der Waals surface area (Å²) in [4.78, 5) is 0. The lowest BCUT2D eigenvalue weighted by atomic mass is 10.4. The van der Waals surface area contributed by atoms with E-state index in [1.165, 1.54) is 6.42 Å². The second-order valence-corrected chi connectivity index (χ2v) is 1.87. The van der Waals surface area contributed by atoms with E-state index in [2.05, 4.69) is 9.15 Å². The first-order chi connectivity index (χ1) is 3.47. The minimum atomic E-state index is 1.08. The van der Waals surface area contributed by atoms with Gasteiger partial charge in [0.2, 0.25) is 0 Å². The van der Waals surface area contributed by atoms with Crippen LogP contribution in [0.3, 0.4) is 0 Å². The van der Waals surface area contributed by atoms with E-state index >= 15 is 0 Å². The number of fused-ring (bicyclic) bond motifs is 1. The Morgan fingerprint density at radius 3 is 1.86 bits per heavy atom. The molecule has 0 atom stereocenters. The minimum absolute atomic E-state index is 1.08. The highest BCUT2D eigenvalue weighted by atomic mass is 17.0. The van der Waals surface area contributed by atoms with Crippen LogP contribution in [0.1, 0.15) is 17.9 Å². The molecule has 0 fully saturated rings. The van der Waals surface area contributed by atoms with Gasteiger partial charge in [0.25, 0.3) is 0 Å². The minimum Gasteiger partial charge on any atom is -0.291 e. The summed E-state index contributed by atoms with van der Waals surface area (Å²) >= 11 is 0. The van der Waals surface area contributed by atoms with Crippen LogP contribution in [0.25, 0.3) is 0 Å². The molecule has 0 saturated heterocycles. The van der Waals surface area contributed by atoms with Gasteiger partial charge in [0.1, 0.15) is 0 Å². The van der Waals surface area contributed by atoms with Crippen molar-refractivity contribution in [2.24, 2.45) is 0 Å². The summed E-state index contributed by atoms with van der Waals surface area (Å²) in [6.45, 7) is 0. The van der Waals surface area contributed by atoms with Crippen molar-refractivity contribution in [2.45, 2.75) is 19.3 Å². The third kappa shape index (κ3) is 0.290. The molecule has 0 bridgehead atoms. The van der Waals surface area contributed by atoms with Crippen molar-refractivity contribution >= 4 is 0 Å². The first-order valence-corrected chi connectivity index (χ1v) is 2.53. The van der Waals surface area contributed by atoms with Gasteiger partial charge in [0.15, 0.2) is 11.5 Å². The predicted molar refractivity (Wildman–Crippen MR) is 23.0 cm³/mol. The SMILES string of the molecule is C1Cc2ooc2C1. The van der Waals surface area contributed by atoms with Crippen molar-refractivity contribution < 1.29 is 9.15 Å². The lowest BCUT2D eigenvalue weighted by Gasteiger charge is -1.93. The van der Waals surface area contributed by atoms with Gasteiger partial charge >= 0.3 is 0 Å². The maximum Gasteiger partial charge on any atom is 0.198 e. The first kappa shape index (κ1) is 3.36. The molecule has 0 N–H and O–H groups in total. The Balaban J connectivity index is 2.44. The Morgan fingerprint density at radius 2 is 1.57 bits per heavy atom. The maximum absolute atomic E-state index is 4.63. The lowest BCUT2D eigenvalue weighted by Crippen LogP contribution is -1.82. The van der Waals surface area contributed by atoms with Crippen molar-refractivity contribution in [3.05, 3.63) is 11.5 Å². The molecule has 1 heterocycles. The van der Waals surface area contributed by atoms with E-state index in [1.54, 1.807) is 0 Å². The number of aryl methyl sites for hydroxylation is 2. The molecule has 0 unspecified atom stereocenters. The highest BCUT2D eigenvalue weighted by Gasteiger charge is 2.20. The summed E-state index contributed by atoms with van der Waals surface area (Å²) in [7, 11) is 0. The highest BCUT2D eigenvalue weighted by molar-refractivity contribution is 5.09. The van der Waals surface area contributed by atoms with Crippen LogP contribution in [0.4, 0.5) is 0 Å². The Bertz CT molecular complexity index is 144. The molecule has 1 aromatic rings. The van der Waals surface area contributed by atoms with Gasteiger partial charge < -0.3 is 0 Å². The Kier molecular flexibility index (Phi) is 0.451. The van der Waals surface area contributed by atoms with Crippen molar-refractivity contribution in [3.8, 4) is 0 Å². The molecule has 2 nitrogen and oxygen atoms in total. The van der Waals surface area contributed by atoms with Crippen LogP contribution in [-0.2, 0) is 12.8 Å². The summed E-state index contributed by atoms with van der Waals surface area (Å²) in [5.74, 6) is 2.17. The normalized spacial score (nSPS) is 17.7. The molecule has 7 heavy (non-hydrogen) atoms. The Hall–Kier alpha value is -0.660. The molecule has 2 heteroatoms. The number of hydrogen-bond acceptors (Lipinski definition) is 2. The van der Waals surface area contributed by atoms with Crippen LogP contribution in [0.5, 0.6) is 0 Å². The predicted octanol–water partition coefficient (Wildman–Crippen LogP) is 1.36. The molecule has 0 radical (unpaired) electrons. The topological polar surface area (TPSA) is 26.3 Å². The fourth-order valence-electron chi connectivity index (χ4n) is 0.931. The zero-order valence-corrected chi connectivity index (χ0v) is 3.94. The van der Waals surface area contributed by atoms with Gasteiger partial charge in [-0.1, -0.05) is 0 Å². The van der Waals surface area contributed by atoms with Crippen LogP contribution in [0.15, 0.2) is 9.15 Å². The third-order valence-corrected chi connectivity index (χ3v) is 1.36. The fraction of sp³-hybridized carbons (Fsp3) is 0.600. The van der Waals surface area contributed by atoms with Crippen LogP contribution in [0, 0.1) is 0 Å². The molecule has 38 valence electrons. The Morgan fingerprint density at radius 1 is 1.00 bits per heavy atom. The van der Waals surface area contributed by atoms with E-state index in [9.17, 15) is 0 Å². The summed E-state index contributed by atoms with van der Waals surface area (Å²) in [5, 5.41) is 0. The fourth-order valence-corrected chi connectivity index (χ4v) is 0.931. The van der Waals surface area contributed by atoms with Crippen molar-refractivity contribution in [1.82, 2.24) is 0 Å². The van der Waals surface area contributed by atoms with E-state index in [0.29, 0.717) is 0 Å². The molecular weight excluding hydrogens is 92.1 g/mol. The standard InChI is InChI=1S/C5H6O2/c1-2-4-5(3-1)7-6-4/h1-3H2. The molecule has 1 aliphatic carbocycles. The van der Waals surface area contributed by atoms with Crippen molar-refractivity contribution in [3.63, 3.8) is 0 Å². The molecule has 1 aromatic heterocycles. The van der Waals surface area contributed by atoms with Crippen molar-refractivity contribution in [1.29, 1.82) is 0 Å². The van der Waals surface area contributed by atoms with Gasteiger partial charge in [-0.3, -0.25) is 9.15 Å². The summed E-state index contributed by atoms with van der Waals surface area (Å²) in [6.07, 6.45) is 3.40. The molecule has 1 aliphatic rings. The van der Waals surface area contributed by atoms with E-state index in [0.717, 1.165) is 24.4 Å². The Labute approximate surface area is 41.0 Å². The largest absolute Gasteiger partial charge is 0.291 e. The average molecular weight is 98.1 g/mol. The molecule has 0 spiro atoms. The van der Waals surface area contributed by atoms with Crippen LogP contribution < -0.4 is 0 Å². The number of hydrogen-bond donors (Lipinski definition) is 0. The van der Waals surface area contributed by atoms with Crippen molar-refractivity contribution in [2.75, 3.05) is 0 Å². The summed E-state index contributed by atoms with van der Waals surface area (Å²) < 4.78 is 9.27. The van der Waals surface area contributed by atoms with Gasteiger partial charge in [-0.25, -0.2) is 0 Å². The van der Waals surface area contributed by atoms with Gasteiger partial charge in [0, 0.05) is 12.8 Å². The molecule has 0 aromatic carbocycles. The summed E-state index contributed by atoms with van der Waals surface area (Å²) in [5.41, 5.74) is 0. The van der Waals surface area contributed by atoms with Crippen LogP contribution >= 0.6 is 0 Å². The second kappa shape index (κ2) is 0.941. The van der Waals surface area contributed by atoms with E-state index in [-0.39, 0.29) is 0 Å². The second-order valence-electron chi connectivity index (χ2n) is 1.87. The lowest BCUT2D eigenvalue weighted by molar-refractivity contribution is -0.0234. The first-order valence-electron chi connectivity index (χ1n) is 2.53. The molecule has 0 saturated carbocycles. The van der Waals surface area contributed by atoms with E-state index < -0.39 is 0 Å². The maximum atomic E-state index is 4.63. The van der Waals surface area contributed by atoms with E-state index in [4.69, 9.17) is 0 Å². The third-order valence-electron chi connectivity index (χ3n) is 1.36. The zero-order valence-electron chi connectivity index (χ0n) is 3.94. The molecule has 0 aliphatic heterocycles.